The van der Waals surface area contributed by atoms with Gasteiger partial charge in [0.2, 0.25) is 0 Å². The summed E-state index contributed by atoms with van der Waals surface area (Å²) < 4.78 is 4.37. The maximum Gasteiger partial charge on any atom is 0.0599 e. The minimum Gasteiger partial charge on any atom is -0.323 e. The molecule has 0 radical (unpaired) electrons. The molecule has 1 atom stereocenters. The highest BCUT2D eigenvalue weighted by Gasteiger charge is 2.18. The van der Waals surface area contributed by atoms with E-state index in [0.29, 0.717) is 0 Å². The first-order valence-corrected chi connectivity index (χ1v) is 4.91. The maximum absolute atomic E-state index is 5.74. The van der Waals surface area contributed by atoms with Crippen molar-refractivity contribution in [2.24, 2.45) is 5.73 Å². The molecule has 0 aliphatic carbocycles. The van der Waals surface area contributed by atoms with Crippen molar-refractivity contribution >= 4 is 11.5 Å². The third-order valence-electron chi connectivity index (χ3n) is 1.75. The molecular weight excluding hydrogens is 168 g/mol. The fraction of sp³-hybridized carbons (Fsp3) is 0.667. The molecule has 1 aromatic rings. The molecule has 0 unspecified atom stereocenters. The predicted molar refractivity (Wildman–Crippen MR) is 53.4 cm³/mol. The Balaban J connectivity index is 2.92. The van der Waals surface area contributed by atoms with Gasteiger partial charge >= 0.3 is 0 Å². The Bertz CT molecular complexity index is 258. The van der Waals surface area contributed by atoms with Crippen LogP contribution in [0, 0.1) is 0 Å². The summed E-state index contributed by atoms with van der Waals surface area (Å²) in [6, 6.07) is 2.22. The van der Waals surface area contributed by atoms with Crippen LogP contribution in [0.1, 0.15) is 44.3 Å². The average molecular weight is 184 g/mol. The summed E-state index contributed by atoms with van der Waals surface area (Å²) >= 11 is 1.51. The normalized spacial score (nSPS) is 14.8. The van der Waals surface area contributed by atoms with Crippen LogP contribution in [0.5, 0.6) is 0 Å². The van der Waals surface area contributed by atoms with Gasteiger partial charge in [0.25, 0.3) is 0 Å². The molecule has 0 aliphatic heterocycles. The zero-order valence-corrected chi connectivity index (χ0v) is 8.90. The molecule has 68 valence electrons. The highest BCUT2D eigenvalue weighted by atomic mass is 32.1. The SMILES string of the molecule is C[C@H](N)c1cc(C(C)(C)C)ns1. The van der Waals surface area contributed by atoms with Crippen molar-refractivity contribution in [3.05, 3.63) is 16.6 Å². The number of rotatable bonds is 1. The minimum absolute atomic E-state index is 0.110. The second kappa shape index (κ2) is 3.15. The third kappa shape index (κ3) is 2.05. The number of aromatic nitrogens is 1. The highest BCUT2D eigenvalue weighted by molar-refractivity contribution is 7.05. The number of nitrogens with zero attached hydrogens (tertiary/aromatic N) is 1. The molecule has 12 heavy (non-hydrogen) atoms. The molecule has 1 rings (SSSR count). The van der Waals surface area contributed by atoms with Crippen LogP contribution < -0.4 is 5.73 Å². The molecule has 0 saturated carbocycles. The van der Waals surface area contributed by atoms with Gasteiger partial charge < -0.3 is 5.73 Å². The standard InChI is InChI=1S/C9H16N2S/c1-6(10)7-5-8(11-12-7)9(2,3)4/h5-6H,10H2,1-4H3/t6-/m0/s1. The van der Waals surface area contributed by atoms with Gasteiger partial charge in [-0.05, 0) is 24.5 Å². The topological polar surface area (TPSA) is 38.9 Å². The average Bonchev–Trinajstić information content (AvgIpc) is 2.30. The molecule has 0 saturated heterocycles. The highest BCUT2D eigenvalue weighted by Crippen LogP contribution is 2.26. The molecular formula is C9H16N2S. The van der Waals surface area contributed by atoms with E-state index in [1.807, 2.05) is 6.92 Å². The van der Waals surface area contributed by atoms with Gasteiger partial charge in [-0.2, -0.15) is 4.37 Å². The first-order valence-electron chi connectivity index (χ1n) is 4.14. The zero-order valence-electron chi connectivity index (χ0n) is 8.09. The molecule has 1 heterocycles. The van der Waals surface area contributed by atoms with Gasteiger partial charge in [-0.3, -0.25) is 0 Å². The lowest BCUT2D eigenvalue weighted by atomic mass is 9.92. The van der Waals surface area contributed by atoms with Crippen molar-refractivity contribution in [1.82, 2.24) is 4.37 Å². The quantitative estimate of drug-likeness (QED) is 0.728. The predicted octanol–water partition coefficient (Wildman–Crippen LogP) is 2.46. The lowest BCUT2D eigenvalue weighted by Crippen LogP contribution is -2.11. The van der Waals surface area contributed by atoms with Crippen LogP contribution in [0.25, 0.3) is 0 Å². The summed E-state index contributed by atoms with van der Waals surface area (Å²) in [5.41, 5.74) is 7.02. The van der Waals surface area contributed by atoms with Crippen molar-refractivity contribution in [3.8, 4) is 0 Å². The van der Waals surface area contributed by atoms with Crippen molar-refractivity contribution in [2.75, 3.05) is 0 Å². The van der Waals surface area contributed by atoms with Gasteiger partial charge in [0.05, 0.1) is 5.69 Å². The van der Waals surface area contributed by atoms with Crippen LogP contribution in [0.2, 0.25) is 0 Å². The molecule has 0 bridgehead atoms. The lowest BCUT2D eigenvalue weighted by molar-refractivity contribution is 0.575. The summed E-state index contributed by atoms with van der Waals surface area (Å²) in [5, 5.41) is 0. The van der Waals surface area contributed by atoms with Crippen LogP contribution in [-0.4, -0.2) is 4.37 Å². The number of hydrogen-bond donors (Lipinski definition) is 1. The Morgan fingerprint density at radius 2 is 2.08 bits per heavy atom. The van der Waals surface area contributed by atoms with E-state index in [2.05, 4.69) is 31.2 Å². The third-order valence-corrected chi connectivity index (χ3v) is 2.73. The van der Waals surface area contributed by atoms with E-state index in [9.17, 15) is 0 Å². The summed E-state index contributed by atoms with van der Waals surface area (Å²) in [6.45, 7) is 8.47. The van der Waals surface area contributed by atoms with E-state index < -0.39 is 0 Å². The molecule has 2 nitrogen and oxygen atoms in total. The second-order valence-electron chi connectivity index (χ2n) is 4.15. The van der Waals surface area contributed by atoms with E-state index in [1.54, 1.807) is 0 Å². The van der Waals surface area contributed by atoms with Crippen LogP contribution in [0.4, 0.5) is 0 Å². The molecule has 2 N–H and O–H groups in total. The van der Waals surface area contributed by atoms with E-state index in [0.717, 1.165) is 5.69 Å². The van der Waals surface area contributed by atoms with Gasteiger partial charge in [0.1, 0.15) is 0 Å². The summed E-state index contributed by atoms with van der Waals surface area (Å²) in [4.78, 5) is 1.17. The van der Waals surface area contributed by atoms with Gasteiger partial charge in [0, 0.05) is 16.3 Å². The summed E-state index contributed by atoms with van der Waals surface area (Å²) in [7, 11) is 0. The van der Waals surface area contributed by atoms with Crippen molar-refractivity contribution < 1.29 is 0 Å². The molecule has 0 aliphatic rings. The van der Waals surface area contributed by atoms with E-state index in [-0.39, 0.29) is 11.5 Å². The van der Waals surface area contributed by atoms with Gasteiger partial charge in [-0.1, -0.05) is 20.8 Å². The smallest absolute Gasteiger partial charge is 0.0599 e. The van der Waals surface area contributed by atoms with E-state index >= 15 is 0 Å². The molecule has 0 amide bonds. The molecule has 1 aromatic heterocycles. The Morgan fingerprint density at radius 3 is 2.33 bits per heavy atom. The van der Waals surface area contributed by atoms with E-state index in [1.165, 1.54) is 16.4 Å². The van der Waals surface area contributed by atoms with E-state index in [4.69, 9.17) is 5.73 Å². The maximum atomic E-state index is 5.74. The molecule has 0 aromatic carbocycles. The van der Waals surface area contributed by atoms with Crippen LogP contribution in [0.15, 0.2) is 6.07 Å². The second-order valence-corrected chi connectivity index (χ2v) is 4.99. The van der Waals surface area contributed by atoms with Gasteiger partial charge in [-0.15, -0.1) is 0 Å². The molecule has 0 fully saturated rings. The molecule has 3 heteroatoms. The number of hydrogen-bond acceptors (Lipinski definition) is 3. The zero-order chi connectivity index (χ0) is 9.35. The number of nitrogens with two attached hydrogens (primary N) is 1. The lowest BCUT2D eigenvalue weighted by Gasteiger charge is -2.13. The first kappa shape index (κ1) is 9.68. The van der Waals surface area contributed by atoms with Gasteiger partial charge in [0.15, 0.2) is 0 Å². The minimum atomic E-state index is 0.110. The monoisotopic (exact) mass is 184 g/mol. The Hall–Kier alpha value is -0.410. The molecule has 0 spiro atoms. The van der Waals surface area contributed by atoms with Crippen LogP contribution in [-0.2, 0) is 5.41 Å². The van der Waals surface area contributed by atoms with Crippen LogP contribution in [0.3, 0.4) is 0 Å². The largest absolute Gasteiger partial charge is 0.323 e. The van der Waals surface area contributed by atoms with Crippen molar-refractivity contribution in [3.63, 3.8) is 0 Å². The summed E-state index contributed by atoms with van der Waals surface area (Å²) in [6.07, 6.45) is 0. The van der Waals surface area contributed by atoms with Gasteiger partial charge in [-0.25, -0.2) is 0 Å². The fourth-order valence-corrected chi connectivity index (χ4v) is 1.72. The van der Waals surface area contributed by atoms with Crippen molar-refractivity contribution in [2.45, 2.75) is 39.2 Å². The van der Waals surface area contributed by atoms with Crippen LogP contribution >= 0.6 is 11.5 Å². The van der Waals surface area contributed by atoms with Crippen molar-refractivity contribution in [1.29, 1.82) is 0 Å². The Kier molecular flexibility index (Phi) is 2.54. The summed E-state index contributed by atoms with van der Waals surface area (Å²) in [5.74, 6) is 0. The Morgan fingerprint density at radius 1 is 1.50 bits per heavy atom. The first-order chi connectivity index (χ1) is 5.41. The fourth-order valence-electron chi connectivity index (χ4n) is 0.857. The Labute approximate surface area is 78.0 Å².